The van der Waals surface area contributed by atoms with Crippen molar-refractivity contribution in [2.45, 2.75) is 20.8 Å². The van der Waals surface area contributed by atoms with Crippen LogP contribution in [0.25, 0.3) is 0 Å². The molecule has 10 heavy (non-hydrogen) atoms. The number of aryl methyl sites for hydroxylation is 3. The minimum atomic E-state index is 0. The summed E-state index contributed by atoms with van der Waals surface area (Å²) in [6.07, 6.45) is 0. The summed E-state index contributed by atoms with van der Waals surface area (Å²) < 4.78 is 0. The Bertz CT molecular complexity index is 216. The van der Waals surface area contributed by atoms with Crippen molar-refractivity contribution in [2.75, 3.05) is 0 Å². The van der Waals surface area contributed by atoms with Gasteiger partial charge in [-0.25, -0.2) is 0 Å². The summed E-state index contributed by atoms with van der Waals surface area (Å²) in [6, 6.07) is 7.36. The number of rotatable bonds is 0. The van der Waals surface area contributed by atoms with Gasteiger partial charge in [0, 0.05) is 0 Å². The van der Waals surface area contributed by atoms with Crippen molar-refractivity contribution in [3.63, 3.8) is 0 Å². The maximum atomic E-state index is 3.17. The van der Waals surface area contributed by atoms with Crippen LogP contribution in [0.3, 0.4) is 0 Å². The van der Waals surface area contributed by atoms with Crippen molar-refractivity contribution in [3.05, 3.63) is 34.9 Å². The third-order valence-corrected chi connectivity index (χ3v) is 1.55. The van der Waals surface area contributed by atoms with Gasteiger partial charge in [-0.3, -0.25) is 0 Å². The van der Waals surface area contributed by atoms with Crippen LogP contribution in [0.4, 0.5) is 0 Å². The smallest absolute Gasteiger partial charge is 0.180 e. The molecule has 1 aromatic rings. The molecule has 1 heteroatoms. The minimum Gasteiger partial charge on any atom is -0.180 e. The Balaban J connectivity index is 0.000000810. The average molecular weight is 126 g/mol. The summed E-state index contributed by atoms with van der Waals surface area (Å²) in [5.74, 6) is 0. The van der Waals surface area contributed by atoms with Gasteiger partial charge in [-0.15, -0.1) is 0 Å². The Morgan fingerprint density at radius 2 is 1.80 bits per heavy atom. The van der Waals surface area contributed by atoms with Crippen molar-refractivity contribution in [1.82, 2.24) is 0 Å². The van der Waals surface area contributed by atoms with E-state index in [4.69, 9.17) is 0 Å². The molecular formula is C9H11Li. The van der Waals surface area contributed by atoms with Gasteiger partial charge in [0.15, 0.2) is 0 Å². The van der Waals surface area contributed by atoms with Crippen LogP contribution in [0.2, 0.25) is 0 Å². The summed E-state index contributed by atoms with van der Waals surface area (Å²) in [5.41, 5.74) is 3.87. The fourth-order valence-corrected chi connectivity index (χ4v) is 0.827. The summed E-state index contributed by atoms with van der Waals surface area (Å²) >= 11 is 0. The zero-order chi connectivity index (χ0) is 6.85. The third kappa shape index (κ3) is 2.21. The van der Waals surface area contributed by atoms with Crippen LogP contribution >= 0.6 is 0 Å². The van der Waals surface area contributed by atoms with Gasteiger partial charge in [-0.05, 0) is 0 Å². The van der Waals surface area contributed by atoms with Gasteiger partial charge in [-0.2, -0.15) is 34.9 Å². The van der Waals surface area contributed by atoms with E-state index in [2.05, 4.69) is 32.9 Å². The number of hydrogen-bond acceptors (Lipinski definition) is 0. The molecule has 0 bridgehead atoms. The molecule has 0 fully saturated rings. The monoisotopic (exact) mass is 126 g/mol. The van der Waals surface area contributed by atoms with E-state index in [0.29, 0.717) is 0 Å². The molecule has 0 radical (unpaired) electrons. The van der Waals surface area contributed by atoms with Crippen LogP contribution in [-0.4, -0.2) is 0 Å². The van der Waals surface area contributed by atoms with Gasteiger partial charge in [0.05, 0.1) is 0 Å². The van der Waals surface area contributed by atoms with Crippen LogP contribution in [-0.2, 0) is 0 Å². The Kier molecular flexibility index (Phi) is 3.79. The van der Waals surface area contributed by atoms with Crippen molar-refractivity contribution in [2.24, 2.45) is 0 Å². The molecule has 0 saturated carbocycles. The van der Waals surface area contributed by atoms with Crippen LogP contribution < -0.4 is 18.9 Å². The molecule has 0 N–H and O–H groups in total. The molecule has 0 nitrogen and oxygen atoms in total. The maximum Gasteiger partial charge on any atom is 1.00 e. The van der Waals surface area contributed by atoms with Crippen molar-refractivity contribution >= 4 is 0 Å². The SMILES string of the molecule is Cc1c[c-]c(C)c(C)c1.[Li+]. The normalized spacial score (nSPS) is 8.70. The first-order valence-electron chi connectivity index (χ1n) is 3.15. The predicted octanol–water partition coefficient (Wildman–Crippen LogP) is -0.584. The van der Waals surface area contributed by atoms with E-state index >= 15 is 0 Å². The first-order chi connectivity index (χ1) is 4.20. The molecule has 0 unspecified atom stereocenters. The van der Waals surface area contributed by atoms with E-state index in [1.807, 2.05) is 6.07 Å². The molecule has 1 rings (SSSR count). The van der Waals surface area contributed by atoms with E-state index in [9.17, 15) is 0 Å². The minimum absolute atomic E-state index is 0. The van der Waals surface area contributed by atoms with Crippen LogP contribution in [0, 0.1) is 26.8 Å². The third-order valence-electron chi connectivity index (χ3n) is 1.55. The molecule has 1 aromatic carbocycles. The first-order valence-corrected chi connectivity index (χ1v) is 3.15. The van der Waals surface area contributed by atoms with Crippen LogP contribution in [0.15, 0.2) is 12.1 Å². The van der Waals surface area contributed by atoms with Gasteiger partial charge < -0.3 is 0 Å². The molecule has 0 aliphatic heterocycles. The zero-order valence-electron chi connectivity index (χ0n) is 7.15. The molecule has 0 saturated heterocycles. The first kappa shape index (κ1) is 9.82. The van der Waals surface area contributed by atoms with Crippen LogP contribution in [0.5, 0.6) is 0 Å². The van der Waals surface area contributed by atoms with E-state index in [-0.39, 0.29) is 18.9 Å². The van der Waals surface area contributed by atoms with Gasteiger partial charge in [-0.1, -0.05) is 20.8 Å². The van der Waals surface area contributed by atoms with Crippen LogP contribution in [0.1, 0.15) is 16.7 Å². The fourth-order valence-electron chi connectivity index (χ4n) is 0.827. The summed E-state index contributed by atoms with van der Waals surface area (Å²) in [6.45, 7) is 6.27. The van der Waals surface area contributed by atoms with E-state index in [1.54, 1.807) is 0 Å². The average Bonchev–Trinajstić information content (AvgIpc) is 1.80. The second kappa shape index (κ2) is 3.86. The quantitative estimate of drug-likeness (QED) is 0.322. The van der Waals surface area contributed by atoms with Gasteiger partial charge in [0.25, 0.3) is 0 Å². The summed E-state index contributed by atoms with van der Waals surface area (Å²) in [5, 5.41) is 0. The Labute approximate surface area is 74.8 Å². The Hall–Kier alpha value is -0.183. The van der Waals surface area contributed by atoms with Crippen molar-refractivity contribution in [1.29, 1.82) is 0 Å². The standard InChI is InChI=1S/C9H11.Li/c1-7-4-5-8(2)9(3)6-7;/h4,6H,1-3H3;/q-1;+1. The topological polar surface area (TPSA) is 0 Å². The molecule has 0 spiro atoms. The molecule has 0 aliphatic carbocycles. The van der Waals surface area contributed by atoms with Crippen molar-refractivity contribution < 1.29 is 18.9 Å². The number of hydrogen-bond donors (Lipinski definition) is 0. The van der Waals surface area contributed by atoms with Gasteiger partial charge in [0.1, 0.15) is 0 Å². The predicted molar refractivity (Wildman–Crippen MR) is 39.5 cm³/mol. The van der Waals surface area contributed by atoms with Crippen molar-refractivity contribution in [3.8, 4) is 0 Å². The maximum absolute atomic E-state index is 3.17. The molecule has 0 aromatic heterocycles. The number of benzene rings is 1. The molecular weight excluding hydrogens is 115 g/mol. The summed E-state index contributed by atoms with van der Waals surface area (Å²) in [4.78, 5) is 0. The molecule has 0 atom stereocenters. The molecule has 0 aliphatic rings. The largest absolute Gasteiger partial charge is 1.00 e. The molecule has 0 heterocycles. The molecule has 48 valence electrons. The van der Waals surface area contributed by atoms with E-state index in [1.165, 1.54) is 16.7 Å². The zero-order valence-corrected chi connectivity index (χ0v) is 7.15. The van der Waals surface area contributed by atoms with E-state index < -0.39 is 0 Å². The Morgan fingerprint density at radius 1 is 1.20 bits per heavy atom. The van der Waals surface area contributed by atoms with Gasteiger partial charge in [0.2, 0.25) is 0 Å². The molecule has 0 amide bonds. The second-order valence-corrected chi connectivity index (χ2v) is 2.49. The Morgan fingerprint density at radius 3 is 2.20 bits per heavy atom. The second-order valence-electron chi connectivity index (χ2n) is 2.49. The van der Waals surface area contributed by atoms with E-state index in [0.717, 1.165) is 0 Å². The summed E-state index contributed by atoms with van der Waals surface area (Å²) in [7, 11) is 0. The van der Waals surface area contributed by atoms with Gasteiger partial charge >= 0.3 is 18.9 Å². The fraction of sp³-hybridized carbons (Fsp3) is 0.333.